The fraction of sp³-hybridized carbons (Fsp3) is 0.333. The molecule has 3 N–H and O–H groups in total. The lowest BCUT2D eigenvalue weighted by Gasteiger charge is -2.14. The van der Waals surface area contributed by atoms with E-state index in [-0.39, 0.29) is 6.04 Å². The van der Waals surface area contributed by atoms with Gasteiger partial charge in [-0.2, -0.15) is 11.8 Å². The Morgan fingerprint density at radius 2 is 2.38 bits per heavy atom. The van der Waals surface area contributed by atoms with Gasteiger partial charge in [0.05, 0.1) is 6.04 Å². The van der Waals surface area contributed by atoms with Gasteiger partial charge in [-0.3, -0.25) is 11.3 Å². The Morgan fingerprint density at radius 3 is 2.92 bits per heavy atom. The quantitative estimate of drug-likeness (QED) is 0.599. The molecule has 4 heteroatoms. The van der Waals surface area contributed by atoms with Gasteiger partial charge in [-0.25, -0.2) is 0 Å². The van der Waals surface area contributed by atoms with Crippen molar-refractivity contribution < 1.29 is 0 Å². The molecule has 1 aromatic rings. The molecule has 1 rings (SSSR count). The van der Waals surface area contributed by atoms with Crippen LogP contribution in [0.5, 0.6) is 0 Å². The van der Waals surface area contributed by atoms with Crippen LogP contribution in [0.2, 0.25) is 5.02 Å². The van der Waals surface area contributed by atoms with Crippen LogP contribution in [-0.4, -0.2) is 12.0 Å². The normalized spacial score (nSPS) is 12.8. The molecular formula is C9H13ClN2S. The van der Waals surface area contributed by atoms with Crippen LogP contribution in [0.1, 0.15) is 11.6 Å². The van der Waals surface area contributed by atoms with E-state index >= 15 is 0 Å². The van der Waals surface area contributed by atoms with Gasteiger partial charge in [0.15, 0.2) is 0 Å². The predicted octanol–water partition coefficient (Wildman–Crippen LogP) is 2.21. The van der Waals surface area contributed by atoms with Crippen LogP contribution in [0.4, 0.5) is 0 Å². The number of halogens is 1. The third kappa shape index (κ3) is 3.19. The molecule has 0 saturated heterocycles. The Kier molecular flexibility index (Phi) is 4.59. The van der Waals surface area contributed by atoms with E-state index in [2.05, 4.69) is 11.7 Å². The molecule has 1 unspecified atom stereocenters. The van der Waals surface area contributed by atoms with Gasteiger partial charge in [0.1, 0.15) is 0 Å². The van der Waals surface area contributed by atoms with Gasteiger partial charge in [0.2, 0.25) is 0 Å². The van der Waals surface area contributed by atoms with Crippen molar-refractivity contribution in [1.82, 2.24) is 5.43 Å². The molecule has 0 aliphatic heterocycles. The molecule has 72 valence electrons. The second-order valence-electron chi connectivity index (χ2n) is 2.73. The summed E-state index contributed by atoms with van der Waals surface area (Å²) in [6.07, 6.45) is 2.05. The van der Waals surface area contributed by atoms with Crippen LogP contribution in [0.3, 0.4) is 0 Å². The molecule has 0 aliphatic rings. The highest BCUT2D eigenvalue weighted by Crippen LogP contribution is 2.19. The molecule has 0 aromatic heterocycles. The zero-order valence-electron chi connectivity index (χ0n) is 7.46. The number of benzene rings is 1. The number of nitrogens with one attached hydrogen (secondary N) is 1. The molecule has 1 atom stereocenters. The minimum atomic E-state index is 0.175. The molecule has 13 heavy (non-hydrogen) atoms. The molecule has 0 saturated carbocycles. The standard InChI is InChI=1S/C9H13ClN2S/c1-13-6-9(12-11)7-3-2-4-8(10)5-7/h2-5,9,12H,6,11H2,1H3. The zero-order chi connectivity index (χ0) is 9.68. The van der Waals surface area contributed by atoms with Crippen molar-refractivity contribution in [3.63, 3.8) is 0 Å². The van der Waals surface area contributed by atoms with Crippen LogP contribution in [0.25, 0.3) is 0 Å². The van der Waals surface area contributed by atoms with Gasteiger partial charge in [-0.15, -0.1) is 0 Å². The van der Waals surface area contributed by atoms with E-state index in [1.165, 1.54) is 0 Å². The predicted molar refractivity (Wildman–Crippen MR) is 59.9 cm³/mol. The topological polar surface area (TPSA) is 38.0 Å². The molecule has 0 radical (unpaired) electrons. The fourth-order valence-electron chi connectivity index (χ4n) is 1.13. The first kappa shape index (κ1) is 10.9. The zero-order valence-corrected chi connectivity index (χ0v) is 9.03. The lowest BCUT2D eigenvalue weighted by atomic mass is 10.1. The number of hydrogen-bond acceptors (Lipinski definition) is 3. The van der Waals surface area contributed by atoms with Crippen molar-refractivity contribution in [2.24, 2.45) is 5.84 Å². The Morgan fingerprint density at radius 1 is 1.62 bits per heavy atom. The van der Waals surface area contributed by atoms with Crippen molar-refractivity contribution in [2.45, 2.75) is 6.04 Å². The SMILES string of the molecule is CSCC(NN)c1cccc(Cl)c1. The minimum absolute atomic E-state index is 0.175. The second-order valence-corrected chi connectivity index (χ2v) is 4.08. The summed E-state index contributed by atoms with van der Waals surface area (Å²) in [4.78, 5) is 0. The van der Waals surface area contributed by atoms with E-state index < -0.39 is 0 Å². The number of thioether (sulfide) groups is 1. The lowest BCUT2D eigenvalue weighted by molar-refractivity contribution is 0.611. The van der Waals surface area contributed by atoms with E-state index in [0.717, 1.165) is 16.3 Å². The molecule has 0 fully saturated rings. The van der Waals surface area contributed by atoms with Crippen molar-refractivity contribution >= 4 is 23.4 Å². The van der Waals surface area contributed by atoms with Crippen LogP contribution >= 0.6 is 23.4 Å². The maximum atomic E-state index is 5.87. The van der Waals surface area contributed by atoms with Crippen LogP contribution in [0.15, 0.2) is 24.3 Å². The third-order valence-electron chi connectivity index (χ3n) is 1.79. The first-order valence-electron chi connectivity index (χ1n) is 3.98. The Hall–Kier alpha value is -0.220. The summed E-state index contributed by atoms with van der Waals surface area (Å²) in [5.74, 6) is 6.38. The van der Waals surface area contributed by atoms with E-state index in [4.69, 9.17) is 17.4 Å². The third-order valence-corrected chi connectivity index (χ3v) is 2.69. The minimum Gasteiger partial charge on any atom is -0.271 e. The summed E-state index contributed by atoms with van der Waals surface area (Å²) in [7, 11) is 0. The van der Waals surface area contributed by atoms with Crippen LogP contribution in [-0.2, 0) is 0 Å². The van der Waals surface area contributed by atoms with E-state index in [1.54, 1.807) is 11.8 Å². The monoisotopic (exact) mass is 216 g/mol. The summed E-state index contributed by atoms with van der Waals surface area (Å²) in [5, 5.41) is 0.749. The molecule has 0 amide bonds. The van der Waals surface area contributed by atoms with Gasteiger partial charge in [-0.1, -0.05) is 23.7 Å². The van der Waals surface area contributed by atoms with E-state index in [9.17, 15) is 0 Å². The van der Waals surface area contributed by atoms with E-state index in [1.807, 2.05) is 24.3 Å². The second kappa shape index (κ2) is 5.50. The first-order chi connectivity index (χ1) is 6.27. The highest BCUT2D eigenvalue weighted by atomic mass is 35.5. The summed E-state index contributed by atoms with van der Waals surface area (Å²) in [6, 6.07) is 7.92. The van der Waals surface area contributed by atoms with Gasteiger partial charge >= 0.3 is 0 Å². The molecule has 0 aliphatic carbocycles. The molecule has 0 spiro atoms. The Balaban J connectivity index is 2.78. The molecule has 2 nitrogen and oxygen atoms in total. The maximum Gasteiger partial charge on any atom is 0.0550 e. The van der Waals surface area contributed by atoms with Crippen molar-refractivity contribution in [2.75, 3.05) is 12.0 Å². The molecule has 0 heterocycles. The average molecular weight is 217 g/mol. The van der Waals surface area contributed by atoms with Crippen molar-refractivity contribution in [1.29, 1.82) is 0 Å². The first-order valence-corrected chi connectivity index (χ1v) is 5.75. The molecular weight excluding hydrogens is 204 g/mol. The van der Waals surface area contributed by atoms with Crippen LogP contribution < -0.4 is 11.3 Å². The number of rotatable bonds is 4. The molecule has 1 aromatic carbocycles. The smallest absolute Gasteiger partial charge is 0.0550 e. The Bertz CT molecular complexity index is 268. The highest BCUT2D eigenvalue weighted by molar-refractivity contribution is 7.98. The van der Waals surface area contributed by atoms with E-state index in [0.29, 0.717) is 0 Å². The molecule has 0 bridgehead atoms. The van der Waals surface area contributed by atoms with Crippen molar-refractivity contribution in [3.05, 3.63) is 34.9 Å². The Labute approximate surface area is 87.8 Å². The van der Waals surface area contributed by atoms with Gasteiger partial charge < -0.3 is 0 Å². The lowest BCUT2D eigenvalue weighted by Crippen LogP contribution is -2.29. The number of hydrazine groups is 1. The maximum absolute atomic E-state index is 5.87. The van der Waals surface area contributed by atoms with Gasteiger partial charge in [0.25, 0.3) is 0 Å². The van der Waals surface area contributed by atoms with Crippen LogP contribution in [0, 0.1) is 0 Å². The average Bonchev–Trinajstić information content (AvgIpc) is 2.14. The highest BCUT2D eigenvalue weighted by Gasteiger charge is 2.08. The summed E-state index contributed by atoms with van der Waals surface area (Å²) >= 11 is 7.62. The summed E-state index contributed by atoms with van der Waals surface area (Å²) in [6.45, 7) is 0. The largest absolute Gasteiger partial charge is 0.271 e. The summed E-state index contributed by atoms with van der Waals surface area (Å²) in [5.41, 5.74) is 3.90. The van der Waals surface area contributed by atoms with Crippen molar-refractivity contribution in [3.8, 4) is 0 Å². The van der Waals surface area contributed by atoms with Gasteiger partial charge in [0, 0.05) is 10.8 Å². The number of nitrogens with two attached hydrogens (primary N) is 1. The number of hydrogen-bond donors (Lipinski definition) is 2. The van der Waals surface area contributed by atoms with Gasteiger partial charge in [-0.05, 0) is 24.0 Å². The summed E-state index contributed by atoms with van der Waals surface area (Å²) < 4.78 is 0. The fourth-order valence-corrected chi connectivity index (χ4v) is 1.95.